The second-order valence-electron chi connectivity index (χ2n) is 5.84. The van der Waals surface area contributed by atoms with Gasteiger partial charge in [0.1, 0.15) is 17.0 Å². The average molecular weight is 431 g/mol. The van der Waals surface area contributed by atoms with Gasteiger partial charge in [0.05, 0.1) is 12.9 Å². The van der Waals surface area contributed by atoms with Crippen LogP contribution < -0.4 is 10.1 Å². The number of fused-ring (bicyclic) bond motifs is 1. The molecule has 0 saturated carbocycles. The molecule has 4 aromatic rings. The number of furan rings is 1. The summed E-state index contributed by atoms with van der Waals surface area (Å²) in [4.78, 5) is 17.6. The number of thioether (sulfide) groups is 1. The molecule has 2 aromatic carbocycles. The zero-order valence-corrected chi connectivity index (χ0v) is 17.2. The van der Waals surface area contributed by atoms with Gasteiger partial charge >= 0.3 is 0 Å². The third kappa shape index (κ3) is 4.32. The predicted octanol–water partition coefficient (Wildman–Crippen LogP) is 5.95. The van der Waals surface area contributed by atoms with Gasteiger partial charge in [0.25, 0.3) is 0 Å². The zero-order valence-electron chi connectivity index (χ0n) is 14.8. The second-order valence-corrected chi connectivity index (χ2v) is 8.19. The lowest BCUT2D eigenvalue weighted by Crippen LogP contribution is -2.13. The number of nitrogens with zero attached hydrogens (tertiary/aromatic N) is 1. The maximum absolute atomic E-state index is 12.2. The highest BCUT2D eigenvalue weighted by Gasteiger charge is 2.13. The van der Waals surface area contributed by atoms with Gasteiger partial charge in [-0.15, -0.1) is 23.1 Å². The number of ether oxygens (including phenoxy) is 1. The van der Waals surface area contributed by atoms with E-state index in [4.69, 9.17) is 20.8 Å². The van der Waals surface area contributed by atoms with Crippen LogP contribution in [0.3, 0.4) is 0 Å². The van der Waals surface area contributed by atoms with Crippen molar-refractivity contribution in [3.8, 4) is 17.2 Å². The number of rotatable bonds is 6. The average Bonchev–Trinajstić information content (AvgIpc) is 3.33. The van der Waals surface area contributed by atoms with Crippen molar-refractivity contribution in [2.75, 3.05) is 18.2 Å². The van der Waals surface area contributed by atoms with Crippen LogP contribution in [0.2, 0.25) is 5.02 Å². The highest BCUT2D eigenvalue weighted by atomic mass is 35.5. The van der Waals surface area contributed by atoms with Crippen molar-refractivity contribution in [3.05, 3.63) is 58.9 Å². The molecule has 5 nitrogen and oxygen atoms in total. The summed E-state index contributed by atoms with van der Waals surface area (Å²) in [5, 5.41) is 6.86. The normalized spacial score (nSPS) is 10.9. The number of nitrogens with one attached hydrogen (secondary N) is 1. The molecule has 142 valence electrons. The van der Waals surface area contributed by atoms with Gasteiger partial charge in [0.2, 0.25) is 5.91 Å². The maximum atomic E-state index is 12.2. The first-order chi connectivity index (χ1) is 13.6. The van der Waals surface area contributed by atoms with Crippen molar-refractivity contribution < 1.29 is 13.9 Å². The molecule has 0 atom stereocenters. The van der Waals surface area contributed by atoms with Crippen molar-refractivity contribution in [2.45, 2.75) is 4.90 Å². The minimum Gasteiger partial charge on any atom is -0.497 e. The van der Waals surface area contributed by atoms with Gasteiger partial charge in [-0.05, 0) is 42.5 Å². The Morgan fingerprint density at radius 1 is 1.25 bits per heavy atom. The molecule has 1 N–H and O–H groups in total. The lowest BCUT2D eigenvalue weighted by atomic mass is 10.2. The fourth-order valence-electron chi connectivity index (χ4n) is 2.54. The van der Waals surface area contributed by atoms with Gasteiger partial charge in [-0.3, -0.25) is 4.79 Å². The van der Waals surface area contributed by atoms with E-state index in [1.54, 1.807) is 19.2 Å². The third-order valence-electron chi connectivity index (χ3n) is 3.91. The fourth-order valence-corrected chi connectivity index (χ4v) is 4.08. The van der Waals surface area contributed by atoms with Crippen LogP contribution in [0.5, 0.6) is 5.75 Å². The molecule has 0 aliphatic heterocycles. The van der Waals surface area contributed by atoms with E-state index in [1.165, 1.54) is 23.1 Å². The quantitative estimate of drug-likeness (QED) is 0.383. The van der Waals surface area contributed by atoms with Gasteiger partial charge in [-0.1, -0.05) is 11.6 Å². The smallest absolute Gasteiger partial charge is 0.236 e. The molecule has 0 fully saturated rings. The van der Waals surface area contributed by atoms with Gasteiger partial charge in [-0.25, -0.2) is 4.98 Å². The summed E-state index contributed by atoms with van der Waals surface area (Å²) in [6.45, 7) is 0. The first-order valence-corrected chi connectivity index (χ1v) is 10.6. The van der Waals surface area contributed by atoms with Crippen LogP contribution >= 0.6 is 34.7 Å². The number of amides is 1. The van der Waals surface area contributed by atoms with Crippen molar-refractivity contribution in [1.82, 2.24) is 4.98 Å². The van der Waals surface area contributed by atoms with Gasteiger partial charge in [0, 0.05) is 26.8 Å². The topological polar surface area (TPSA) is 64.4 Å². The number of hydrogen-bond acceptors (Lipinski definition) is 6. The molecule has 0 saturated heterocycles. The van der Waals surface area contributed by atoms with Crippen LogP contribution in [0.4, 0.5) is 5.13 Å². The number of halogens is 1. The summed E-state index contributed by atoms with van der Waals surface area (Å²) in [7, 11) is 1.62. The van der Waals surface area contributed by atoms with E-state index >= 15 is 0 Å². The van der Waals surface area contributed by atoms with Gasteiger partial charge in [0.15, 0.2) is 10.9 Å². The van der Waals surface area contributed by atoms with Crippen LogP contribution in [0.1, 0.15) is 0 Å². The van der Waals surface area contributed by atoms with Crippen LogP contribution in [0, 0.1) is 0 Å². The highest BCUT2D eigenvalue weighted by Crippen LogP contribution is 2.32. The number of carbonyl (C=O) groups excluding carboxylic acids is 1. The number of carbonyl (C=O) groups is 1. The Morgan fingerprint density at radius 3 is 2.86 bits per heavy atom. The number of hydrogen-bond donors (Lipinski definition) is 1. The minimum atomic E-state index is -0.116. The van der Waals surface area contributed by atoms with Crippen molar-refractivity contribution in [2.24, 2.45) is 0 Å². The van der Waals surface area contributed by atoms with E-state index in [-0.39, 0.29) is 5.91 Å². The number of anilines is 1. The molecule has 0 radical (unpaired) electrons. The lowest BCUT2D eigenvalue weighted by molar-refractivity contribution is -0.113. The van der Waals surface area contributed by atoms with E-state index in [0.29, 0.717) is 27.4 Å². The maximum Gasteiger partial charge on any atom is 0.236 e. The molecule has 0 bridgehead atoms. The largest absolute Gasteiger partial charge is 0.497 e. The minimum absolute atomic E-state index is 0.116. The molecule has 0 unspecified atom stereocenters. The van der Waals surface area contributed by atoms with Crippen LogP contribution in [-0.4, -0.2) is 23.8 Å². The molecule has 8 heteroatoms. The molecular formula is C20H15ClN2O3S2. The first-order valence-electron chi connectivity index (χ1n) is 8.32. The predicted molar refractivity (Wildman–Crippen MR) is 115 cm³/mol. The van der Waals surface area contributed by atoms with E-state index in [1.807, 2.05) is 41.8 Å². The Kier molecular flexibility index (Phi) is 5.57. The lowest BCUT2D eigenvalue weighted by Gasteiger charge is -2.02. The monoisotopic (exact) mass is 430 g/mol. The molecule has 0 aliphatic rings. The molecule has 28 heavy (non-hydrogen) atoms. The van der Waals surface area contributed by atoms with Crippen molar-refractivity contribution >= 4 is 56.7 Å². The molecule has 2 heterocycles. The fraction of sp³-hybridized carbons (Fsp3) is 0.100. The Balaban J connectivity index is 1.41. The Morgan fingerprint density at radius 2 is 2.07 bits per heavy atom. The number of methoxy groups -OCH3 is 1. The highest BCUT2D eigenvalue weighted by molar-refractivity contribution is 8.00. The van der Waals surface area contributed by atoms with Crippen molar-refractivity contribution in [1.29, 1.82) is 0 Å². The summed E-state index contributed by atoms with van der Waals surface area (Å²) in [5.41, 5.74) is 1.41. The van der Waals surface area contributed by atoms with E-state index in [9.17, 15) is 4.79 Å². The molecule has 4 rings (SSSR count). The van der Waals surface area contributed by atoms with Gasteiger partial charge in [-0.2, -0.15) is 0 Å². The summed E-state index contributed by atoms with van der Waals surface area (Å²) in [6.07, 6.45) is 0. The number of thiazole rings is 1. The Hall–Kier alpha value is -2.48. The molecule has 1 amide bonds. The van der Waals surface area contributed by atoms with E-state index < -0.39 is 0 Å². The zero-order chi connectivity index (χ0) is 19.5. The van der Waals surface area contributed by atoms with Gasteiger partial charge < -0.3 is 14.5 Å². The molecule has 2 aromatic heterocycles. The molecule has 0 spiro atoms. The van der Waals surface area contributed by atoms with Crippen LogP contribution in [0.25, 0.3) is 22.4 Å². The third-order valence-corrected chi connectivity index (χ3v) is 5.94. The molecule has 0 aliphatic carbocycles. The number of aromatic nitrogens is 1. The molecular weight excluding hydrogens is 416 g/mol. The van der Waals surface area contributed by atoms with Crippen molar-refractivity contribution in [3.63, 3.8) is 0 Å². The Bertz CT molecular complexity index is 1120. The summed E-state index contributed by atoms with van der Waals surface area (Å²) < 4.78 is 11.1. The van der Waals surface area contributed by atoms with Crippen LogP contribution in [0.15, 0.2) is 63.2 Å². The summed E-state index contributed by atoms with van der Waals surface area (Å²) in [5.74, 6) is 1.56. The number of benzene rings is 2. The summed E-state index contributed by atoms with van der Waals surface area (Å²) >= 11 is 8.67. The first kappa shape index (κ1) is 18.9. The SMILES string of the molecule is COc1ccc2cc(-c3csc(NC(=O)CSc4ccc(Cl)cc4)n3)oc2c1. The van der Waals surface area contributed by atoms with E-state index in [0.717, 1.165) is 21.6 Å². The van der Waals surface area contributed by atoms with Crippen LogP contribution in [-0.2, 0) is 4.79 Å². The second kappa shape index (κ2) is 8.26. The standard InChI is InChI=1S/C20H15ClN2O3S2/c1-25-14-5-2-12-8-18(26-17(12)9-14)16-10-28-20(22-16)23-19(24)11-27-15-6-3-13(21)4-7-15/h2-10H,11H2,1H3,(H,22,23,24). The van der Waals surface area contributed by atoms with E-state index in [2.05, 4.69) is 10.3 Å². The summed E-state index contributed by atoms with van der Waals surface area (Å²) in [6, 6.07) is 15.0. The Labute approximate surface area is 174 Å².